The number of hydrogen-bond donors (Lipinski definition) is 1. The number of hydrazone groups is 1. The lowest BCUT2D eigenvalue weighted by molar-refractivity contribution is -0.119. The zero-order valence-electron chi connectivity index (χ0n) is 24.6. The summed E-state index contributed by atoms with van der Waals surface area (Å²) in [5.41, 5.74) is 4.85. The maximum absolute atomic E-state index is 13.8. The lowest BCUT2D eigenvalue weighted by atomic mass is 10.2. The van der Waals surface area contributed by atoms with Gasteiger partial charge in [-0.15, -0.1) is 0 Å². The highest BCUT2D eigenvalue weighted by Gasteiger charge is 2.29. The fourth-order valence-corrected chi connectivity index (χ4v) is 6.63. The Kier molecular flexibility index (Phi) is 11.7. The average Bonchev–Trinajstić information content (AvgIpc) is 3.00. The molecule has 0 aromatic heterocycles. The first-order valence-corrected chi connectivity index (χ1v) is 16.6. The first kappa shape index (κ1) is 34.1. The van der Waals surface area contributed by atoms with Crippen LogP contribution in [0.3, 0.4) is 0 Å². The predicted molar refractivity (Wildman–Crippen MR) is 181 cm³/mol. The topological polar surface area (TPSA) is 107 Å². The molecule has 0 saturated heterocycles. The third kappa shape index (κ3) is 8.70. The third-order valence-electron chi connectivity index (χ3n) is 6.37. The molecule has 4 aromatic rings. The second-order valence-electron chi connectivity index (χ2n) is 9.58. The molecular weight excluding hydrogens is 705 g/mol. The van der Waals surface area contributed by atoms with Crippen molar-refractivity contribution in [3.63, 3.8) is 0 Å². The first-order valence-electron chi connectivity index (χ1n) is 13.6. The number of para-hydroxylation sites is 2. The summed E-state index contributed by atoms with van der Waals surface area (Å²) in [5, 5.41) is 5.05. The number of amides is 1. The molecule has 4 aromatic carbocycles. The van der Waals surface area contributed by atoms with E-state index in [0.717, 1.165) is 15.4 Å². The second-order valence-corrected chi connectivity index (χ2v) is 13.1. The Morgan fingerprint density at radius 1 is 1.00 bits per heavy atom. The molecule has 0 fully saturated rings. The predicted octanol–water partition coefficient (Wildman–Crippen LogP) is 7.40. The Balaban J connectivity index is 1.52. The molecule has 1 N–H and O–H groups in total. The number of carbonyl (C=O) groups is 1. The Labute approximate surface area is 280 Å². The van der Waals surface area contributed by atoms with Gasteiger partial charge >= 0.3 is 0 Å². The van der Waals surface area contributed by atoms with Gasteiger partial charge in [-0.05, 0) is 83.9 Å². The number of nitrogens with one attached hydrogen (secondary N) is 1. The van der Waals surface area contributed by atoms with Crippen molar-refractivity contribution in [2.75, 3.05) is 24.6 Å². The van der Waals surface area contributed by atoms with Crippen LogP contribution in [0.2, 0.25) is 10.0 Å². The normalized spacial score (nSPS) is 11.3. The summed E-state index contributed by atoms with van der Waals surface area (Å²) in [6.45, 7) is 3.58. The first-order chi connectivity index (χ1) is 21.5. The SMILES string of the molecule is CCOc1ccccc1N(CC(=O)N/N=C\c1cc(Br)c(OCc2ccc(Cl)cc2Cl)c(OC)c1)S(=O)(=O)c1ccc(C)cc1. The van der Waals surface area contributed by atoms with E-state index in [0.29, 0.717) is 43.9 Å². The zero-order chi connectivity index (χ0) is 32.6. The number of halogens is 3. The Morgan fingerprint density at radius 3 is 2.42 bits per heavy atom. The molecule has 9 nitrogen and oxygen atoms in total. The van der Waals surface area contributed by atoms with Crippen molar-refractivity contribution >= 4 is 67.0 Å². The highest BCUT2D eigenvalue weighted by molar-refractivity contribution is 9.10. The lowest BCUT2D eigenvalue weighted by Gasteiger charge is -2.25. The van der Waals surface area contributed by atoms with Crippen LogP contribution in [0.15, 0.2) is 93.3 Å². The van der Waals surface area contributed by atoms with Gasteiger partial charge < -0.3 is 14.2 Å². The van der Waals surface area contributed by atoms with Gasteiger partial charge in [0.25, 0.3) is 15.9 Å². The van der Waals surface area contributed by atoms with Crippen LogP contribution in [0.25, 0.3) is 0 Å². The van der Waals surface area contributed by atoms with E-state index in [4.69, 9.17) is 37.4 Å². The van der Waals surface area contributed by atoms with E-state index in [-0.39, 0.29) is 17.2 Å². The number of sulfonamides is 1. The van der Waals surface area contributed by atoms with Gasteiger partial charge in [0, 0.05) is 15.6 Å². The molecule has 13 heteroatoms. The minimum absolute atomic E-state index is 0.0355. The quantitative estimate of drug-likeness (QED) is 0.113. The molecule has 0 heterocycles. The van der Waals surface area contributed by atoms with Gasteiger partial charge in [-0.3, -0.25) is 9.10 Å². The smallest absolute Gasteiger partial charge is 0.264 e. The fourth-order valence-electron chi connectivity index (χ4n) is 4.17. The minimum atomic E-state index is -4.14. The van der Waals surface area contributed by atoms with Gasteiger partial charge in [0.2, 0.25) is 0 Å². The van der Waals surface area contributed by atoms with E-state index in [9.17, 15) is 13.2 Å². The van der Waals surface area contributed by atoms with Crippen molar-refractivity contribution in [2.45, 2.75) is 25.3 Å². The molecule has 0 aliphatic heterocycles. The highest BCUT2D eigenvalue weighted by Crippen LogP contribution is 2.37. The van der Waals surface area contributed by atoms with Gasteiger partial charge in [0.15, 0.2) is 11.5 Å². The van der Waals surface area contributed by atoms with Crippen molar-refractivity contribution in [2.24, 2.45) is 5.10 Å². The van der Waals surface area contributed by atoms with Crippen molar-refractivity contribution in [1.29, 1.82) is 0 Å². The number of anilines is 1. The molecule has 0 bridgehead atoms. The molecule has 0 spiro atoms. The van der Waals surface area contributed by atoms with Gasteiger partial charge in [0.05, 0.1) is 35.0 Å². The average molecular weight is 735 g/mol. The Morgan fingerprint density at radius 2 is 1.73 bits per heavy atom. The van der Waals surface area contributed by atoms with E-state index in [2.05, 4.69) is 26.5 Å². The summed E-state index contributed by atoms with van der Waals surface area (Å²) in [7, 11) is -2.65. The van der Waals surface area contributed by atoms with Crippen LogP contribution in [-0.2, 0) is 21.4 Å². The number of rotatable bonds is 13. The van der Waals surface area contributed by atoms with Gasteiger partial charge in [0.1, 0.15) is 18.9 Å². The summed E-state index contributed by atoms with van der Waals surface area (Å²) in [6, 6.07) is 21.6. The Hall–Kier alpha value is -3.77. The zero-order valence-corrected chi connectivity index (χ0v) is 28.5. The number of aryl methyl sites for hydroxylation is 1. The summed E-state index contributed by atoms with van der Waals surface area (Å²) >= 11 is 15.7. The summed E-state index contributed by atoms with van der Waals surface area (Å²) < 4.78 is 46.2. The molecule has 0 atom stereocenters. The molecule has 0 saturated carbocycles. The van der Waals surface area contributed by atoms with E-state index in [1.165, 1.54) is 25.5 Å². The lowest BCUT2D eigenvalue weighted by Crippen LogP contribution is -2.39. The van der Waals surface area contributed by atoms with E-state index < -0.39 is 22.5 Å². The summed E-state index contributed by atoms with van der Waals surface area (Å²) in [5.74, 6) is 0.503. The summed E-state index contributed by atoms with van der Waals surface area (Å²) in [4.78, 5) is 13.1. The highest BCUT2D eigenvalue weighted by atomic mass is 79.9. The Bertz CT molecular complexity index is 1800. The van der Waals surface area contributed by atoms with E-state index >= 15 is 0 Å². The van der Waals surface area contributed by atoms with Crippen LogP contribution in [-0.4, -0.2) is 40.8 Å². The molecule has 45 heavy (non-hydrogen) atoms. The number of nitrogens with zero attached hydrogens (tertiary/aromatic N) is 2. The third-order valence-corrected chi connectivity index (χ3v) is 9.32. The maximum atomic E-state index is 13.8. The van der Waals surface area contributed by atoms with Crippen LogP contribution in [0.1, 0.15) is 23.6 Å². The number of methoxy groups -OCH3 is 1. The standard InChI is InChI=1S/C32H30BrCl2N3O6S/c1-4-43-29-8-6-5-7-28(29)38(45(40,41)25-13-9-21(2)10-14-25)19-31(39)37-36-18-22-15-26(33)32(30(16-22)42-3)44-20-23-11-12-24(34)17-27(23)35/h5-18H,4,19-20H2,1-3H3,(H,37,39)/b36-18-. The van der Waals surface area contributed by atoms with E-state index in [1.807, 2.05) is 6.92 Å². The largest absolute Gasteiger partial charge is 0.493 e. The van der Waals surface area contributed by atoms with Gasteiger partial charge in [-0.2, -0.15) is 5.10 Å². The van der Waals surface area contributed by atoms with Crippen molar-refractivity contribution in [3.8, 4) is 17.2 Å². The molecular formula is C32H30BrCl2N3O6S. The van der Waals surface area contributed by atoms with Crippen LogP contribution >= 0.6 is 39.1 Å². The molecule has 0 aliphatic rings. The van der Waals surface area contributed by atoms with Crippen molar-refractivity contribution < 1.29 is 27.4 Å². The molecule has 236 valence electrons. The molecule has 0 unspecified atom stereocenters. The molecule has 4 rings (SSSR count). The number of benzene rings is 4. The summed E-state index contributed by atoms with van der Waals surface area (Å²) in [6.07, 6.45) is 1.40. The second kappa shape index (κ2) is 15.5. The van der Waals surface area contributed by atoms with Gasteiger partial charge in [-0.25, -0.2) is 13.8 Å². The maximum Gasteiger partial charge on any atom is 0.264 e. The minimum Gasteiger partial charge on any atom is -0.493 e. The number of carbonyl (C=O) groups excluding carboxylic acids is 1. The van der Waals surface area contributed by atoms with Crippen LogP contribution in [0.5, 0.6) is 17.2 Å². The molecule has 0 radical (unpaired) electrons. The van der Waals surface area contributed by atoms with Crippen LogP contribution < -0.4 is 23.9 Å². The van der Waals surface area contributed by atoms with Crippen molar-refractivity contribution in [1.82, 2.24) is 5.43 Å². The number of hydrogen-bond acceptors (Lipinski definition) is 7. The van der Waals surface area contributed by atoms with E-state index in [1.54, 1.807) is 73.7 Å². The van der Waals surface area contributed by atoms with Crippen LogP contribution in [0.4, 0.5) is 5.69 Å². The van der Waals surface area contributed by atoms with Crippen molar-refractivity contribution in [3.05, 3.63) is 110 Å². The van der Waals surface area contributed by atoms with Gasteiger partial charge in [-0.1, -0.05) is 59.1 Å². The fraction of sp³-hybridized carbons (Fsp3) is 0.188. The van der Waals surface area contributed by atoms with Crippen LogP contribution in [0, 0.1) is 6.92 Å². The monoisotopic (exact) mass is 733 g/mol. The molecule has 0 aliphatic carbocycles. The molecule has 1 amide bonds. The number of ether oxygens (including phenoxy) is 3.